The molecule has 6 heteroatoms. The molecule has 1 aliphatic heterocycles. The molecular weight excluding hydrogens is 693 g/mol. The van der Waals surface area contributed by atoms with Gasteiger partial charge in [0.25, 0.3) is 0 Å². The molecule has 2 N–H and O–H groups in total. The van der Waals surface area contributed by atoms with Gasteiger partial charge in [0.2, 0.25) is 0 Å². The Morgan fingerprint density at radius 2 is 1.05 bits per heavy atom. The summed E-state index contributed by atoms with van der Waals surface area (Å²) in [5.41, 5.74) is -0.515. The Labute approximate surface area is 350 Å². The first-order valence-corrected chi connectivity index (χ1v) is 25.3. The average molecular weight is 793 g/mol. The van der Waals surface area contributed by atoms with Gasteiger partial charge >= 0.3 is 5.97 Å². The third kappa shape index (κ3) is 27.9. The van der Waals surface area contributed by atoms with E-state index < -0.39 is 11.4 Å². The Kier molecular flexibility index (Phi) is 36.7. The van der Waals surface area contributed by atoms with Crippen LogP contribution in [0.15, 0.2) is 0 Å². The molecule has 0 aromatic rings. The van der Waals surface area contributed by atoms with Crippen molar-refractivity contribution < 1.29 is 19.7 Å². The van der Waals surface area contributed by atoms with E-state index in [0.717, 1.165) is 90.3 Å². The molecule has 0 aromatic carbocycles. The lowest BCUT2D eigenvalue weighted by atomic mass is 9.74. The van der Waals surface area contributed by atoms with E-state index in [0.29, 0.717) is 6.04 Å². The van der Waals surface area contributed by atoms with Gasteiger partial charge in [0, 0.05) is 32.3 Å². The number of hydrogen-bond acceptors (Lipinski definition) is 5. The summed E-state index contributed by atoms with van der Waals surface area (Å²) < 4.78 is 6.31. The van der Waals surface area contributed by atoms with E-state index in [1.165, 1.54) is 180 Å². The third-order valence-corrected chi connectivity index (χ3v) is 13.3. The summed E-state index contributed by atoms with van der Waals surface area (Å²) in [5, 5.41) is 20.1. The van der Waals surface area contributed by atoms with Crippen LogP contribution in [0.4, 0.5) is 0 Å². The van der Waals surface area contributed by atoms with E-state index in [1.54, 1.807) is 0 Å². The quantitative estimate of drug-likeness (QED) is 0.0599. The summed E-state index contributed by atoms with van der Waals surface area (Å²) in [6.45, 7) is 16.6. The van der Waals surface area contributed by atoms with Crippen molar-refractivity contribution in [2.75, 3.05) is 52.5 Å². The number of aliphatic hydroxyl groups excluding tert-OH is 1. The molecule has 0 radical (unpaired) electrons. The maximum Gasteiger partial charge on any atom is 0.309 e. The Hall–Kier alpha value is -0.690. The standard InChI is InChI=1S/C50H100N2O4/c1-5-9-13-17-19-26-34-47(33-25-15-11-7-3)46-56-44-32-24-23-31-40-52(48-35-41-51(45-48)42-43-53)39-30-22-21-29-38-50(49(54)55,36-27-16-12-8-4)37-28-20-18-14-10-6-2/h47-48,53H,5-46H2,1-4H3,(H,54,55)/t47?,48-,50?/m1/s1. The number of rotatable bonds is 44. The first kappa shape index (κ1) is 53.3. The Bertz CT molecular complexity index is 842. The van der Waals surface area contributed by atoms with Crippen LogP contribution in [-0.2, 0) is 9.53 Å². The fourth-order valence-corrected chi connectivity index (χ4v) is 9.40. The first-order chi connectivity index (χ1) is 27.5. The minimum atomic E-state index is -0.528. The molecule has 2 unspecified atom stereocenters. The van der Waals surface area contributed by atoms with Gasteiger partial charge in [-0.05, 0) is 83.3 Å². The molecule has 0 aliphatic carbocycles. The van der Waals surface area contributed by atoms with Crippen molar-refractivity contribution in [3.8, 4) is 0 Å². The Morgan fingerprint density at radius 3 is 1.55 bits per heavy atom. The molecule has 1 rings (SSSR count). The number of nitrogens with zero attached hydrogens (tertiary/aromatic N) is 2. The molecule has 0 spiro atoms. The third-order valence-electron chi connectivity index (χ3n) is 13.3. The van der Waals surface area contributed by atoms with Gasteiger partial charge in [0.1, 0.15) is 0 Å². The lowest BCUT2D eigenvalue weighted by molar-refractivity contribution is -0.150. The molecule has 56 heavy (non-hydrogen) atoms. The van der Waals surface area contributed by atoms with Crippen molar-refractivity contribution >= 4 is 5.97 Å². The first-order valence-electron chi connectivity index (χ1n) is 25.3. The average Bonchev–Trinajstić information content (AvgIpc) is 3.66. The van der Waals surface area contributed by atoms with Crippen LogP contribution in [0.3, 0.4) is 0 Å². The highest BCUT2D eigenvalue weighted by Crippen LogP contribution is 2.38. The molecular formula is C50H100N2O4. The lowest BCUT2D eigenvalue weighted by Gasteiger charge is -2.30. The normalized spacial score (nSPS) is 16.6. The molecule has 0 bridgehead atoms. The number of aliphatic hydroxyl groups is 1. The van der Waals surface area contributed by atoms with Gasteiger partial charge in [-0.25, -0.2) is 0 Å². The monoisotopic (exact) mass is 793 g/mol. The summed E-state index contributed by atoms with van der Waals surface area (Å²) in [6.07, 6.45) is 41.8. The molecule has 334 valence electrons. The van der Waals surface area contributed by atoms with Gasteiger partial charge in [0.05, 0.1) is 12.0 Å². The van der Waals surface area contributed by atoms with E-state index in [1.807, 2.05) is 0 Å². The fourth-order valence-electron chi connectivity index (χ4n) is 9.40. The van der Waals surface area contributed by atoms with Crippen LogP contribution in [0.5, 0.6) is 0 Å². The van der Waals surface area contributed by atoms with E-state index in [4.69, 9.17) is 4.74 Å². The molecule has 1 saturated heterocycles. The molecule has 6 nitrogen and oxygen atoms in total. The highest BCUT2D eigenvalue weighted by Gasteiger charge is 2.36. The van der Waals surface area contributed by atoms with Crippen LogP contribution in [0.1, 0.15) is 246 Å². The SMILES string of the molecule is CCCCCCCCC(CCCCCC)COCCCCCCN(CCCCCCC(CCCCCC)(CCCCCCCC)C(=O)O)[C@@H]1CCN(CCO)C1. The van der Waals surface area contributed by atoms with Crippen molar-refractivity contribution in [1.82, 2.24) is 9.80 Å². The number of aliphatic carboxylic acids is 1. The molecule has 0 amide bonds. The van der Waals surface area contributed by atoms with Crippen LogP contribution >= 0.6 is 0 Å². The molecule has 1 fully saturated rings. The van der Waals surface area contributed by atoms with Crippen molar-refractivity contribution in [3.63, 3.8) is 0 Å². The Balaban J connectivity index is 2.50. The highest BCUT2D eigenvalue weighted by atomic mass is 16.5. The smallest absolute Gasteiger partial charge is 0.309 e. The fraction of sp³-hybridized carbons (Fsp3) is 0.980. The minimum absolute atomic E-state index is 0.253. The minimum Gasteiger partial charge on any atom is -0.481 e. The maximum absolute atomic E-state index is 12.8. The topological polar surface area (TPSA) is 73.2 Å². The van der Waals surface area contributed by atoms with E-state index in [2.05, 4.69) is 37.5 Å². The van der Waals surface area contributed by atoms with E-state index in [-0.39, 0.29) is 6.61 Å². The molecule has 0 aromatic heterocycles. The molecule has 3 atom stereocenters. The number of hydrogen-bond donors (Lipinski definition) is 2. The summed E-state index contributed by atoms with van der Waals surface area (Å²) >= 11 is 0. The second kappa shape index (κ2) is 38.5. The van der Waals surface area contributed by atoms with Crippen molar-refractivity contribution in [3.05, 3.63) is 0 Å². The van der Waals surface area contributed by atoms with Gasteiger partial charge in [-0.15, -0.1) is 0 Å². The van der Waals surface area contributed by atoms with Crippen LogP contribution in [-0.4, -0.2) is 84.6 Å². The van der Waals surface area contributed by atoms with Crippen LogP contribution in [0.2, 0.25) is 0 Å². The summed E-state index contributed by atoms with van der Waals surface area (Å²) in [5.74, 6) is 0.225. The van der Waals surface area contributed by atoms with E-state index >= 15 is 0 Å². The second-order valence-corrected chi connectivity index (χ2v) is 18.3. The van der Waals surface area contributed by atoms with E-state index in [9.17, 15) is 15.0 Å². The van der Waals surface area contributed by atoms with Crippen LogP contribution in [0, 0.1) is 11.3 Å². The number of unbranched alkanes of at least 4 members (excludes halogenated alkanes) is 22. The van der Waals surface area contributed by atoms with Crippen molar-refractivity contribution in [2.45, 2.75) is 252 Å². The summed E-state index contributed by atoms with van der Waals surface area (Å²) in [7, 11) is 0. The number of likely N-dealkylation sites (tertiary alicyclic amines) is 1. The van der Waals surface area contributed by atoms with Crippen molar-refractivity contribution in [2.24, 2.45) is 11.3 Å². The van der Waals surface area contributed by atoms with Crippen LogP contribution < -0.4 is 0 Å². The lowest BCUT2D eigenvalue weighted by Crippen LogP contribution is -2.39. The molecule has 0 saturated carbocycles. The number of ether oxygens (including phenoxy) is 1. The zero-order valence-corrected chi connectivity index (χ0v) is 38.5. The zero-order chi connectivity index (χ0) is 40.8. The van der Waals surface area contributed by atoms with Gasteiger partial charge in [-0.1, -0.05) is 188 Å². The number of carboxylic acid groups (broad SMARTS) is 1. The predicted octanol–water partition coefficient (Wildman–Crippen LogP) is 14.0. The number of carboxylic acids is 1. The van der Waals surface area contributed by atoms with Gasteiger partial charge < -0.3 is 14.9 Å². The van der Waals surface area contributed by atoms with Crippen molar-refractivity contribution in [1.29, 1.82) is 0 Å². The van der Waals surface area contributed by atoms with Gasteiger partial charge in [-0.3, -0.25) is 14.6 Å². The van der Waals surface area contributed by atoms with Crippen LogP contribution in [0.25, 0.3) is 0 Å². The van der Waals surface area contributed by atoms with Gasteiger partial charge in [0.15, 0.2) is 0 Å². The Morgan fingerprint density at radius 1 is 0.625 bits per heavy atom. The zero-order valence-electron chi connectivity index (χ0n) is 38.5. The molecule has 1 heterocycles. The largest absolute Gasteiger partial charge is 0.481 e. The predicted molar refractivity (Wildman–Crippen MR) is 243 cm³/mol. The van der Waals surface area contributed by atoms with Gasteiger partial charge in [-0.2, -0.15) is 0 Å². The molecule has 1 aliphatic rings. The summed E-state index contributed by atoms with van der Waals surface area (Å²) in [4.78, 5) is 18.0. The second-order valence-electron chi connectivity index (χ2n) is 18.3. The number of β-amino-alcohol motifs (C(OH)–C–C–N with tert-alkyl or cyclic N) is 1. The number of carbonyl (C=O) groups is 1. The summed E-state index contributed by atoms with van der Waals surface area (Å²) in [6, 6.07) is 0.603. The maximum atomic E-state index is 12.8. The highest BCUT2D eigenvalue weighted by molar-refractivity contribution is 5.74.